The van der Waals surface area contributed by atoms with Crippen LogP contribution < -0.4 is 5.32 Å². The Bertz CT molecular complexity index is 614. The summed E-state index contributed by atoms with van der Waals surface area (Å²) in [6.45, 7) is 5.59. The van der Waals surface area contributed by atoms with E-state index in [-0.39, 0.29) is 17.9 Å². The lowest BCUT2D eigenvalue weighted by Crippen LogP contribution is -2.27. The van der Waals surface area contributed by atoms with Crippen molar-refractivity contribution < 1.29 is 5.11 Å². The Labute approximate surface area is 136 Å². The van der Waals surface area contributed by atoms with Crippen molar-refractivity contribution in [1.29, 1.82) is 0 Å². The molecule has 0 aromatic carbocycles. The molecule has 3 rings (SSSR count). The Kier molecular flexibility index (Phi) is 4.97. The van der Waals surface area contributed by atoms with E-state index in [1.807, 2.05) is 0 Å². The van der Waals surface area contributed by atoms with E-state index in [0.717, 1.165) is 36.7 Å². The summed E-state index contributed by atoms with van der Waals surface area (Å²) in [5.41, 5.74) is 0.911. The fraction of sp³-hybridized carbons (Fsp3) is 0.625. The summed E-state index contributed by atoms with van der Waals surface area (Å²) >= 11 is 0. The molecular formula is C16H24N6O. The van der Waals surface area contributed by atoms with Gasteiger partial charge in [0.1, 0.15) is 5.82 Å². The van der Waals surface area contributed by atoms with E-state index in [2.05, 4.69) is 44.3 Å². The molecule has 0 bridgehead atoms. The molecule has 1 saturated carbocycles. The van der Waals surface area contributed by atoms with Crippen LogP contribution >= 0.6 is 0 Å². The molecule has 124 valence electrons. The van der Waals surface area contributed by atoms with E-state index in [1.165, 1.54) is 0 Å². The second kappa shape index (κ2) is 7.14. The maximum Gasteiger partial charge on any atom is 0.153 e. The molecule has 1 aliphatic carbocycles. The summed E-state index contributed by atoms with van der Waals surface area (Å²) in [5, 5.41) is 21.0. The maximum absolute atomic E-state index is 10.3. The molecule has 0 radical (unpaired) electrons. The van der Waals surface area contributed by atoms with E-state index in [0.29, 0.717) is 12.5 Å². The van der Waals surface area contributed by atoms with Gasteiger partial charge in [-0.05, 0) is 18.8 Å². The van der Waals surface area contributed by atoms with Gasteiger partial charge in [-0.2, -0.15) is 5.10 Å². The third-order valence-electron chi connectivity index (χ3n) is 4.41. The molecule has 0 saturated heterocycles. The molecule has 23 heavy (non-hydrogen) atoms. The number of aromatic nitrogens is 5. The van der Waals surface area contributed by atoms with Crippen LogP contribution in [0.4, 0.5) is 0 Å². The topological polar surface area (TPSA) is 99.6 Å². The minimum atomic E-state index is -0.304. The highest BCUT2D eigenvalue weighted by atomic mass is 16.3. The molecule has 0 unspecified atom stereocenters. The van der Waals surface area contributed by atoms with Crippen LogP contribution in [0, 0.1) is 5.92 Å². The highest BCUT2D eigenvalue weighted by Crippen LogP contribution is 2.37. The zero-order valence-electron chi connectivity index (χ0n) is 13.6. The van der Waals surface area contributed by atoms with Gasteiger partial charge in [0.15, 0.2) is 5.82 Å². The number of H-pyrrole nitrogens is 1. The van der Waals surface area contributed by atoms with Crippen LogP contribution in [0.5, 0.6) is 0 Å². The molecule has 2 aromatic heterocycles. The largest absolute Gasteiger partial charge is 0.393 e. The Morgan fingerprint density at radius 1 is 1.35 bits per heavy atom. The second-order valence-electron chi connectivity index (χ2n) is 6.56. The summed E-state index contributed by atoms with van der Waals surface area (Å²) in [5.74, 6) is 2.55. The number of rotatable bonds is 6. The zero-order valence-corrected chi connectivity index (χ0v) is 13.6. The molecule has 7 heteroatoms. The number of aliphatic hydroxyl groups is 1. The molecule has 0 amide bonds. The summed E-state index contributed by atoms with van der Waals surface area (Å²) < 4.78 is 0. The predicted molar refractivity (Wildman–Crippen MR) is 85.7 cm³/mol. The van der Waals surface area contributed by atoms with Gasteiger partial charge < -0.3 is 10.4 Å². The lowest BCUT2D eigenvalue weighted by atomic mass is 10.0. The van der Waals surface area contributed by atoms with Gasteiger partial charge in [-0.1, -0.05) is 13.8 Å². The van der Waals surface area contributed by atoms with Crippen LogP contribution in [0.2, 0.25) is 0 Å². The normalized spacial score (nSPS) is 24.4. The van der Waals surface area contributed by atoms with E-state index in [9.17, 15) is 5.11 Å². The quantitative estimate of drug-likeness (QED) is 0.744. The molecule has 3 atom stereocenters. The SMILES string of the molecule is CC(C)c1n[nH]c([C@H]2C[C@H](CNCc3cnccn3)[C@H](O)C2)n1. The van der Waals surface area contributed by atoms with Gasteiger partial charge in [0.05, 0.1) is 11.8 Å². The number of nitrogens with zero attached hydrogens (tertiary/aromatic N) is 4. The number of aromatic amines is 1. The van der Waals surface area contributed by atoms with Crippen LogP contribution in [-0.2, 0) is 6.54 Å². The molecular weight excluding hydrogens is 292 g/mol. The minimum Gasteiger partial charge on any atom is -0.393 e. The summed E-state index contributed by atoms with van der Waals surface area (Å²) in [7, 11) is 0. The van der Waals surface area contributed by atoms with Crippen molar-refractivity contribution in [3.8, 4) is 0 Å². The minimum absolute atomic E-state index is 0.226. The van der Waals surface area contributed by atoms with Crippen LogP contribution in [0.3, 0.4) is 0 Å². The third-order valence-corrected chi connectivity index (χ3v) is 4.41. The number of hydrogen-bond acceptors (Lipinski definition) is 6. The fourth-order valence-electron chi connectivity index (χ4n) is 3.08. The van der Waals surface area contributed by atoms with Crippen molar-refractivity contribution in [2.75, 3.05) is 6.54 Å². The van der Waals surface area contributed by atoms with Gasteiger partial charge in [-0.3, -0.25) is 15.1 Å². The molecule has 0 aliphatic heterocycles. The third kappa shape index (κ3) is 3.92. The molecule has 3 N–H and O–H groups in total. The summed E-state index contributed by atoms with van der Waals surface area (Å²) in [4.78, 5) is 12.9. The van der Waals surface area contributed by atoms with Crippen molar-refractivity contribution >= 4 is 0 Å². The first-order valence-electron chi connectivity index (χ1n) is 8.19. The van der Waals surface area contributed by atoms with E-state index >= 15 is 0 Å². The van der Waals surface area contributed by atoms with Crippen molar-refractivity contribution in [3.05, 3.63) is 35.9 Å². The smallest absolute Gasteiger partial charge is 0.153 e. The van der Waals surface area contributed by atoms with Gasteiger partial charge in [0, 0.05) is 43.5 Å². The van der Waals surface area contributed by atoms with Crippen LogP contribution in [0.25, 0.3) is 0 Å². The van der Waals surface area contributed by atoms with Crippen molar-refractivity contribution in [3.63, 3.8) is 0 Å². The van der Waals surface area contributed by atoms with Crippen LogP contribution in [0.1, 0.15) is 55.9 Å². The molecule has 7 nitrogen and oxygen atoms in total. The molecule has 2 aromatic rings. The van der Waals surface area contributed by atoms with E-state index < -0.39 is 0 Å². The second-order valence-corrected chi connectivity index (χ2v) is 6.56. The Morgan fingerprint density at radius 2 is 2.22 bits per heavy atom. The monoisotopic (exact) mass is 316 g/mol. The molecule has 0 spiro atoms. The zero-order chi connectivity index (χ0) is 16.2. The molecule has 1 fully saturated rings. The van der Waals surface area contributed by atoms with Crippen molar-refractivity contribution in [2.45, 2.75) is 51.2 Å². The molecule has 1 aliphatic rings. The average Bonchev–Trinajstić information content (AvgIpc) is 3.16. The fourth-order valence-corrected chi connectivity index (χ4v) is 3.08. The Hall–Kier alpha value is -1.86. The molecule has 2 heterocycles. The predicted octanol–water partition coefficient (Wildman–Crippen LogP) is 1.36. The Balaban J connectivity index is 1.51. The lowest BCUT2D eigenvalue weighted by molar-refractivity contribution is 0.131. The summed E-state index contributed by atoms with van der Waals surface area (Å²) in [6, 6.07) is 0. The Morgan fingerprint density at radius 3 is 2.91 bits per heavy atom. The number of hydrogen-bond donors (Lipinski definition) is 3. The van der Waals surface area contributed by atoms with Gasteiger partial charge in [-0.15, -0.1) is 0 Å². The van der Waals surface area contributed by atoms with Crippen LogP contribution in [0.15, 0.2) is 18.6 Å². The first kappa shape index (κ1) is 16.0. The summed E-state index contributed by atoms with van der Waals surface area (Å²) in [6.07, 6.45) is 6.46. The number of nitrogens with one attached hydrogen (secondary N) is 2. The number of aliphatic hydroxyl groups excluding tert-OH is 1. The highest BCUT2D eigenvalue weighted by molar-refractivity contribution is 5.05. The average molecular weight is 316 g/mol. The first-order chi connectivity index (χ1) is 11.1. The van der Waals surface area contributed by atoms with Crippen molar-refractivity contribution in [1.82, 2.24) is 30.5 Å². The van der Waals surface area contributed by atoms with Gasteiger partial charge in [0.25, 0.3) is 0 Å². The van der Waals surface area contributed by atoms with Gasteiger partial charge in [-0.25, -0.2) is 4.98 Å². The first-order valence-corrected chi connectivity index (χ1v) is 8.19. The highest BCUT2D eigenvalue weighted by Gasteiger charge is 2.35. The van der Waals surface area contributed by atoms with Crippen molar-refractivity contribution in [2.24, 2.45) is 5.92 Å². The lowest BCUT2D eigenvalue weighted by Gasteiger charge is -2.14. The van der Waals surface area contributed by atoms with Gasteiger partial charge in [0.2, 0.25) is 0 Å². The van der Waals surface area contributed by atoms with Crippen LogP contribution in [-0.4, -0.2) is 42.9 Å². The van der Waals surface area contributed by atoms with E-state index in [1.54, 1.807) is 18.6 Å². The standard InChI is InChI=1S/C16H24N6O/c1-10(2)15-20-16(22-21-15)11-5-12(14(23)6-11)7-18-9-13-8-17-3-4-19-13/h3-4,8,10-12,14,18,23H,5-7,9H2,1-2H3,(H,20,21,22)/t11-,12+,14+/m0/s1. The van der Waals surface area contributed by atoms with E-state index in [4.69, 9.17) is 0 Å². The maximum atomic E-state index is 10.3. The van der Waals surface area contributed by atoms with Gasteiger partial charge >= 0.3 is 0 Å².